The molecule has 1 saturated heterocycles. The first-order chi connectivity index (χ1) is 16.7. The smallest absolute Gasteiger partial charge is 0.368 e. The van der Waals surface area contributed by atoms with Crippen LogP contribution in [0.2, 0.25) is 0 Å². The topological polar surface area (TPSA) is 51.7 Å². The van der Waals surface area contributed by atoms with Gasteiger partial charge in [0.1, 0.15) is 5.82 Å². The second kappa shape index (κ2) is 10.5. The summed E-state index contributed by atoms with van der Waals surface area (Å²) in [5.41, 5.74) is 1.23. The largest absolute Gasteiger partial charge is 0.416 e. The van der Waals surface area contributed by atoms with Crippen molar-refractivity contribution in [2.45, 2.75) is 12.6 Å². The van der Waals surface area contributed by atoms with E-state index in [4.69, 9.17) is 4.98 Å². The molecule has 3 aromatic rings. The minimum atomic E-state index is -4.36. The molecule has 1 aliphatic rings. The minimum absolute atomic E-state index is 0.133. The first kappa shape index (κ1) is 24.8. The van der Waals surface area contributed by atoms with E-state index >= 15 is 0 Å². The van der Waals surface area contributed by atoms with E-state index in [-0.39, 0.29) is 5.91 Å². The highest BCUT2D eigenvalue weighted by Crippen LogP contribution is 2.32. The lowest BCUT2D eigenvalue weighted by molar-refractivity contribution is -0.137. The van der Waals surface area contributed by atoms with Crippen LogP contribution in [0, 0.1) is 0 Å². The SMILES string of the molecule is CN(C)CCCNC(=O)c1cc(N2CCN(c3cccc(C(F)(F)F)c3)CC2)nc2ccccc12. The zero-order valence-corrected chi connectivity index (χ0v) is 20.0. The summed E-state index contributed by atoms with van der Waals surface area (Å²) in [4.78, 5) is 23.9. The molecule has 1 aliphatic heterocycles. The fourth-order valence-electron chi connectivity index (χ4n) is 4.28. The van der Waals surface area contributed by atoms with Gasteiger partial charge in [0.2, 0.25) is 0 Å². The summed E-state index contributed by atoms with van der Waals surface area (Å²) < 4.78 is 39.3. The number of anilines is 2. The number of nitrogens with one attached hydrogen (secondary N) is 1. The van der Waals surface area contributed by atoms with Crippen LogP contribution in [0.25, 0.3) is 10.9 Å². The number of hydrogen-bond donors (Lipinski definition) is 1. The second-order valence-electron chi connectivity index (χ2n) is 8.98. The van der Waals surface area contributed by atoms with Gasteiger partial charge in [-0.15, -0.1) is 0 Å². The lowest BCUT2D eigenvalue weighted by atomic mass is 10.1. The molecule has 2 heterocycles. The number of alkyl halides is 3. The summed E-state index contributed by atoms with van der Waals surface area (Å²) in [7, 11) is 3.99. The van der Waals surface area contributed by atoms with Crippen molar-refractivity contribution >= 4 is 28.3 Å². The number of halogens is 3. The van der Waals surface area contributed by atoms with Crippen molar-refractivity contribution < 1.29 is 18.0 Å². The molecular formula is C26H30F3N5O. The zero-order chi connectivity index (χ0) is 25.0. The van der Waals surface area contributed by atoms with E-state index in [2.05, 4.69) is 15.1 Å². The van der Waals surface area contributed by atoms with Gasteiger partial charge in [0, 0.05) is 43.8 Å². The minimum Gasteiger partial charge on any atom is -0.368 e. The van der Waals surface area contributed by atoms with E-state index in [1.54, 1.807) is 6.07 Å². The van der Waals surface area contributed by atoms with Crippen LogP contribution in [0.4, 0.5) is 24.7 Å². The monoisotopic (exact) mass is 485 g/mol. The van der Waals surface area contributed by atoms with Gasteiger partial charge in [-0.2, -0.15) is 13.2 Å². The van der Waals surface area contributed by atoms with E-state index in [1.165, 1.54) is 12.1 Å². The van der Waals surface area contributed by atoms with Crippen molar-refractivity contribution in [3.63, 3.8) is 0 Å². The zero-order valence-electron chi connectivity index (χ0n) is 20.0. The second-order valence-corrected chi connectivity index (χ2v) is 8.98. The van der Waals surface area contributed by atoms with Crippen LogP contribution in [-0.2, 0) is 6.18 Å². The summed E-state index contributed by atoms with van der Waals surface area (Å²) in [6, 6.07) is 14.8. The molecule has 9 heteroatoms. The highest BCUT2D eigenvalue weighted by molar-refractivity contribution is 6.07. The molecule has 1 amide bonds. The molecule has 0 atom stereocenters. The summed E-state index contributed by atoms with van der Waals surface area (Å²) in [5, 5.41) is 3.81. The third-order valence-corrected chi connectivity index (χ3v) is 6.16. The maximum absolute atomic E-state index is 13.1. The average Bonchev–Trinajstić information content (AvgIpc) is 2.85. The van der Waals surface area contributed by atoms with Crippen molar-refractivity contribution in [3.05, 3.63) is 65.7 Å². The molecule has 2 aromatic carbocycles. The number of amides is 1. The lowest BCUT2D eigenvalue weighted by Gasteiger charge is -2.37. The number of pyridine rings is 1. The summed E-state index contributed by atoms with van der Waals surface area (Å²) in [5.74, 6) is 0.567. The molecule has 0 spiro atoms. The molecule has 35 heavy (non-hydrogen) atoms. The Bertz CT molecular complexity index is 1170. The quantitative estimate of drug-likeness (QED) is 0.507. The first-order valence-electron chi connectivity index (χ1n) is 11.7. The molecule has 1 N–H and O–H groups in total. The van der Waals surface area contributed by atoms with Crippen molar-refractivity contribution in [3.8, 4) is 0 Å². The summed E-state index contributed by atoms with van der Waals surface area (Å²) in [6.45, 7) is 3.76. The van der Waals surface area contributed by atoms with Gasteiger partial charge in [0.25, 0.3) is 5.91 Å². The molecule has 4 rings (SSSR count). The Morgan fingerprint density at radius 2 is 1.71 bits per heavy atom. The van der Waals surface area contributed by atoms with E-state index in [0.29, 0.717) is 49.8 Å². The van der Waals surface area contributed by atoms with Gasteiger partial charge in [-0.05, 0) is 57.4 Å². The highest BCUT2D eigenvalue weighted by atomic mass is 19.4. The lowest BCUT2D eigenvalue weighted by Crippen LogP contribution is -2.47. The molecule has 0 unspecified atom stereocenters. The normalized spacial score (nSPS) is 14.6. The Kier molecular flexibility index (Phi) is 7.45. The Morgan fingerprint density at radius 3 is 2.43 bits per heavy atom. The molecule has 186 valence electrons. The van der Waals surface area contributed by atoms with Gasteiger partial charge in [-0.3, -0.25) is 4.79 Å². The van der Waals surface area contributed by atoms with Crippen LogP contribution in [0.15, 0.2) is 54.6 Å². The van der Waals surface area contributed by atoms with Crippen LogP contribution in [-0.4, -0.2) is 69.2 Å². The number of rotatable bonds is 7. The van der Waals surface area contributed by atoms with Crippen LogP contribution < -0.4 is 15.1 Å². The maximum Gasteiger partial charge on any atom is 0.416 e. The van der Waals surface area contributed by atoms with Gasteiger partial charge < -0.3 is 20.0 Å². The third kappa shape index (κ3) is 6.03. The van der Waals surface area contributed by atoms with Crippen molar-refractivity contribution in [2.24, 2.45) is 0 Å². The fourth-order valence-corrected chi connectivity index (χ4v) is 4.28. The number of carbonyl (C=O) groups excluding carboxylic acids is 1. The molecule has 1 aromatic heterocycles. The van der Waals surface area contributed by atoms with Gasteiger partial charge in [-0.1, -0.05) is 24.3 Å². The Morgan fingerprint density at radius 1 is 1.00 bits per heavy atom. The standard InChI is InChI=1S/C26H30F3N5O/c1-32(2)12-6-11-30-25(35)22-18-24(31-23-10-4-3-9-21(22)23)34-15-13-33(14-16-34)20-8-5-7-19(17-20)26(27,28)29/h3-5,7-10,17-18H,6,11-16H2,1-2H3,(H,30,35). The molecule has 0 radical (unpaired) electrons. The van der Waals surface area contributed by atoms with Gasteiger partial charge >= 0.3 is 6.18 Å². The van der Waals surface area contributed by atoms with E-state index < -0.39 is 11.7 Å². The molecule has 0 bridgehead atoms. The van der Waals surface area contributed by atoms with Gasteiger partial charge in [0.05, 0.1) is 16.6 Å². The van der Waals surface area contributed by atoms with E-state index in [9.17, 15) is 18.0 Å². The summed E-state index contributed by atoms with van der Waals surface area (Å²) >= 11 is 0. The Labute approximate surface area is 203 Å². The van der Waals surface area contributed by atoms with Crippen LogP contribution in [0.5, 0.6) is 0 Å². The predicted octanol–water partition coefficient (Wildman–Crippen LogP) is 4.26. The molecule has 6 nitrogen and oxygen atoms in total. The third-order valence-electron chi connectivity index (χ3n) is 6.16. The van der Waals surface area contributed by atoms with Crippen molar-refractivity contribution in [1.29, 1.82) is 0 Å². The molecule has 0 saturated carbocycles. The predicted molar refractivity (Wildman–Crippen MR) is 133 cm³/mol. The number of nitrogens with zero attached hydrogens (tertiary/aromatic N) is 4. The van der Waals surface area contributed by atoms with Gasteiger partial charge in [0.15, 0.2) is 0 Å². The Balaban J connectivity index is 1.49. The molecular weight excluding hydrogens is 455 g/mol. The van der Waals surface area contributed by atoms with Gasteiger partial charge in [-0.25, -0.2) is 4.98 Å². The number of benzene rings is 2. The number of fused-ring (bicyclic) bond motifs is 1. The fraction of sp³-hybridized carbons (Fsp3) is 0.385. The number of hydrogen-bond acceptors (Lipinski definition) is 5. The van der Waals surface area contributed by atoms with Crippen LogP contribution in [0.3, 0.4) is 0 Å². The molecule has 0 aliphatic carbocycles. The van der Waals surface area contributed by atoms with E-state index in [1.807, 2.05) is 49.3 Å². The van der Waals surface area contributed by atoms with E-state index in [0.717, 1.165) is 29.9 Å². The summed E-state index contributed by atoms with van der Waals surface area (Å²) in [6.07, 6.45) is -3.51. The highest BCUT2D eigenvalue weighted by Gasteiger charge is 2.31. The van der Waals surface area contributed by atoms with Crippen molar-refractivity contribution in [2.75, 3.05) is 63.2 Å². The number of para-hydroxylation sites is 1. The number of piperazine rings is 1. The Hall–Kier alpha value is -3.33. The van der Waals surface area contributed by atoms with Crippen molar-refractivity contribution in [1.82, 2.24) is 15.2 Å². The molecule has 1 fully saturated rings. The van der Waals surface area contributed by atoms with Crippen LogP contribution >= 0.6 is 0 Å². The number of aromatic nitrogens is 1. The first-order valence-corrected chi connectivity index (χ1v) is 11.7. The van der Waals surface area contributed by atoms with Crippen LogP contribution in [0.1, 0.15) is 22.3 Å². The number of carbonyl (C=O) groups is 1. The average molecular weight is 486 g/mol. The maximum atomic E-state index is 13.1.